The molecule has 112 valence electrons. The van der Waals surface area contributed by atoms with E-state index >= 15 is 0 Å². The quantitative estimate of drug-likeness (QED) is 0.484. The predicted molar refractivity (Wildman–Crippen MR) is 52.8 cm³/mol. The molecular formula is C9H14F3NO6. The van der Waals surface area contributed by atoms with Gasteiger partial charge in [0, 0.05) is 7.11 Å². The number of rotatable bonds is 3. The van der Waals surface area contributed by atoms with E-state index in [1.807, 2.05) is 0 Å². The smallest absolute Gasteiger partial charge is 0.394 e. The number of alkyl halides is 3. The molecule has 0 saturated carbocycles. The second kappa shape index (κ2) is 6.01. The average Bonchev–Trinajstić information content (AvgIpc) is 2.34. The summed E-state index contributed by atoms with van der Waals surface area (Å²) in [5.74, 6) is -2.29. The second-order valence-electron chi connectivity index (χ2n) is 3.94. The molecule has 1 fully saturated rings. The number of halogens is 3. The van der Waals surface area contributed by atoms with Gasteiger partial charge in [-0.15, -0.1) is 0 Å². The lowest BCUT2D eigenvalue weighted by Crippen LogP contribution is -2.65. The van der Waals surface area contributed by atoms with E-state index < -0.39 is 49.3 Å². The number of carbonyl (C=O) groups is 1. The topological polar surface area (TPSA) is 108 Å². The number of aliphatic hydroxyl groups excluding tert-OH is 3. The first-order valence-electron chi connectivity index (χ1n) is 5.25. The Bertz CT molecular complexity index is 324. The molecule has 0 aliphatic carbocycles. The van der Waals surface area contributed by atoms with Gasteiger partial charge in [-0.05, 0) is 0 Å². The first-order chi connectivity index (χ1) is 8.72. The third kappa shape index (κ3) is 3.54. The molecular weight excluding hydrogens is 275 g/mol. The molecule has 0 unspecified atom stereocenters. The molecule has 1 saturated heterocycles. The monoisotopic (exact) mass is 289 g/mol. The summed E-state index contributed by atoms with van der Waals surface area (Å²) in [6.45, 7) is -0.669. The summed E-state index contributed by atoms with van der Waals surface area (Å²) in [6.07, 6.45) is -11.2. The fourth-order valence-corrected chi connectivity index (χ4v) is 1.67. The Kier molecular flexibility index (Phi) is 5.10. The molecule has 1 aliphatic rings. The fourth-order valence-electron chi connectivity index (χ4n) is 1.67. The van der Waals surface area contributed by atoms with E-state index in [0.29, 0.717) is 0 Å². The van der Waals surface area contributed by atoms with Crippen LogP contribution in [0.1, 0.15) is 0 Å². The average molecular weight is 289 g/mol. The van der Waals surface area contributed by atoms with Gasteiger partial charge in [-0.2, -0.15) is 13.2 Å². The Morgan fingerprint density at radius 2 is 1.95 bits per heavy atom. The SMILES string of the molecule is CO[C@@H]1O[C@H](CO)[C@H](O)[C@H](O)[C@H]1NC(=O)C(F)(F)F. The first-order valence-corrected chi connectivity index (χ1v) is 5.25. The summed E-state index contributed by atoms with van der Waals surface area (Å²) in [5.41, 5.74) is 0. The number of hydrogen-bond donors (Lipinski definition) is 4. The van der Waals surface area contributed by atoms with Crippen molar-refractivity contribution in [2.75, 3.05) is 13.7 Å². The summed E-state index contributed by atoms with van der Waals surface area (Å²) in [5, 5.41) is 29.5. The molecule has 0 radical (unpaired) electrons. The van der Waals surface area contributed by atoms with E-state index in [0.717, 1.165) is 7.11 Å². The number of nitrogens with one attached hydrogen (secondary N) is 1. The Balaban J connectivity index is 2.82. The highest BCUT2D eigenvalue weighted by molar-refractivity contribution is 5.82. The van der Waals surface area contributed by atoms with Gasteiger partial charge in [0.15, 0.2) is 6.29 Å². The molecule has 1 aliphatic heterocycles. The van der Waals surface area contributed by atoms with Crippen LogP contribution in [0, 0.1) is 0 Å². The maximum Gasteiger partial charge on any atom is 0.471 e. The van der Waals surface area contributed by atoms with Crippen molar-refractivity contribution < 1.29 is 42.8 Å². The maximum absolute atomic E-state index is 12.1. The van der Waals surface area contributed by atoms with Crippen molar-refractivity contribution in [3.8, 4) is 0 Å². The predicted octanol–water partition coefficient (Wildman–Crippen LogP) is -1.88. The standard InChI is InChI=1S/C9H14F3NO6/c1-18-7-4(13-8(17)9(10,11)12)6(16)5(15)3(2-14)19-7/h3-7,14-16H,2H2,1H3,(H,13,17)/t3-,4-,5+,6-,7-/m1/s1. The molecule has 5 atom stereocenters. The van der Waals surface area contributed by atoms with Gasteiger partial charge in [0.05, 0.1) is 6.61 Å². The van der Waals surface area contributed by atoms with Crippen molar-refractivity contribution in [1.82, 2.24) is 5.32 Å². The molecule has 1 amide bonds. The van der Waals surface area contributed by atoms with Crippen LogP contribution >= 0.6 is 0 Å². The zero-order valence-corrected chi connectivity index (χ0v) is 9.79. The molecule has 0 spiro atoms. The highest BCUT2D eigenvalue weighted by Gasteiger charge is 2.48. The van der Waals surface area contributed by atoms with Crippen LogP contribution in [0.3, 0.4) is 0 Å². The van der Waals surface area contributed by atoms with Crippen molar-refractivity contribution in [3.63, 3.8) is 0 Å². The number of hydrogen-bond acceptors (Lipinski definition) is 6. The van der Waals surface area contributed by atoms with E-state index in [4.69, 9.17) is 9.84 Å². The Hall–Kier alpha value is -0.940. The van der Waals surface area contributed by atoms with Gasteiger partial charge in [-0.3, -0.25) is 4.79 Å². The summed E-state index contributed by atoms with van der Waals surface area (Å²) >= 11 is 0. The third-order valence-corrected chi connectivity index (χ3v) is 2.67. The van der Waals surface area contributed by atoms with E-state index in [-0.39, 0.29) is 0 Å². The van der Waals surface area contributed by atoms with E-state index in [9.17, 15) is 28.2 Å². The normalized spacial score (nSPS) is 36.1. The van der Waals surface area contributed by atoms with Crippen LogP contribution in [0.4, 0.5) is 13.2 Å². The lowest BCUT2D eigenvalue weighted by Gasteiger charge is -2.41. The van der Waals surface area contributed by atoms with Crippen molar-refractivity contribution in [2.45, 2.75) is 36.8 Å². The van der Waals surface area contributed by atoms with E-state index in [1.165, 1.54) is 5.32 Å². The van der Waals surface area contributed by atoms with Gasteiger partial charge in [0.25, 0.3) is 0 Å². The molecule has 4 N–H and O–H groups in total. The summed E-state index contributed by atoms with van der Waals surface area (Å²) in [6, 6.07) is -1.61. The van der Waals surface area contributed by atoms with Crippen molar-refractivity contribution >= 4 is 5.91 Å². The van der Waals surface area contributed by atoms with Gasteiger partial charge >= 0.3 is 12.1 Å². The number of carbonyl (C=O) groups excluding carboxylic acids is 1. The molecule has 0 aromatic rings. The first kappa shape index (κ1) is 16.1. The number of ether oxygens (including phenoxy) is 2. The van der Waals surface area contributed by atoms with Gasteiger partial charge in [0.1, 0.15) is 24.4 Å². The summed E-state index contributed by atoms with van der Waals surface area (Å²) in [4.78, 5) is 10.8. The van der Waals surface area contributed by atoms with Gasteiger partial charge in [-0.1, -0.05) is 0 Å². The number of aliphatic hydroxyl groups is 3. The van der Waals surface area contributed by atoms with Crippen molar-refractivity contribution in [2.24, 2.45) is 0 Å². The highest BCUT2D eigenvalue weighted by atomic mass is 19.4. The molecule has 0 aromatic carbocycles. The highest BCUT2D eigenvalue weighted by Crippen LogP contribution is 2.23. The van der Waals surface area contributed by atoms with Crippen LogP contribution in [0.25, 0.3) is 0 Å². The lowest BCUT2D eigenvalue weighted by atomic mass is 9.97. The molecule has 1 rings (SSSR count). The van der Waals surface area contributed by atoms with Crippen LogP contribution in [-0.4, -0.2) is 71.8 Å². The fraction of sp³-hybridized carbons (Fsp3) is 0.889. The maximum atomic E-state index is 12.1. The zero-order valence-electron chi connectivity index (χ0n) is 9.79. The molecule has 0 aromatic heterocycles. The van der Waals surface area contributed by atoms with Crippen LogP contribution in [0.5, 0.6) is 0 Å². The molecule has 1 heterocycles. The lowest BCUT2D eigenvalue weighted by molar-refractivity contribution is -0.264. The minimum absolute atomic E-state index is 0.669. The second-order valence-corrected chi connectivity index (χ2v) is 3.94. The summed E-state index contributed by atoms with van der Waals surface area (Å²) in [7, 11) is 1.08. The Morgan fingerprint density at radius 3 is 2.37 bits per heavy atom. The van der Waals surface area contributed by atoms with Crippen LogP contribution in [-0.2, 0) is 14.3 Å². The minimum Gasteiger partial charge on any atom is -0.394 e. The number of methoxy groups -OCH3 is 1. The van der Waals surface area contributed by atoms with Crippen molar-refractivity contribution in [1.29, 1.82) is 0 Å². The van der Waals surface area contributed by atoms with Crippen LogP contribution in [0.15, 0.2) is 0 Å². The molecule has 7 nitrogen and oxygen atoms in total. The van der Waals surface area contributed by atoms with Crippen molar-refractivity contribution in [3.05, 3.63) is 0 Å². The molecule has 19 heavy (non-hydrogen) atoms. The largest absolute Gasteiger partial charge is 0.471 e. The minimum atomic E-state index is -5.14. The Morgan fingerprint density at radius 1 is 1.37 bits per heavy atom. The van der Waals surface area contributed by atoms with Crippen LogP contribution < -0.4 is 5.32 Å². The molecule has 0 bridgehead atoms. The Labute approximate surface area is 105 Å². The van der Waals surface area contributed by atoms with Gasteiger partial charge < -0.3 is 30.1 Å². The number of amides is 1. The molecule has 10 heteroatoms. The van der Waals surface area contributed by atoms with Crippen LogP contribution in [0.2, 0.25) is 0 Å². The zero-order chi connectivity index (χ0) is 14.8. The summed E-state index contributed by atoms with van der Waals surface area (Å²) < 4.78 is 46.0. The van der Waals surface area contributed by atoms with E-state index in [1.54, 1.807) is 0 Å². The third-order valence-electron chi connectivity index (χ3n) is 2.67. The van der Waals surface area contributed by atoms with Gasteiger partial charge in [-0.25, -0.2) is 0 Å². The van der Waals surface area contributed by atoms with E-state index in [2.05, 4.69) is 4.74 Å². The van der Waals surface area contributed by atoms with Gasteiger partial charge in [0.2, 0.25) is 0 Å².